The molecule has 0 aliphatic heterocycles. The monoisotopic (exact) mass is 358 g/mol. The van der Waals surface area contributed by atoms with Crippen molar-refractivity contribution < 1.29 is 9.90 Å². The highest BCUT2D eigenvalue weighted by Crippen LogP contribution is 2.28. The van der Waals surface area contributed by atoms with Crippen molar-refractivity contribution in [1.29, 1.82) is 0 Å². The van der Waals surface area contributed by atoms with E-state index in [0.717, 1.165) is 29.7 Å². The van der Waals surface area contributed by atoms with Crippen LogP contribution in [0.5, 0.6) is 0 Å². The summed E-state index contributed by atoms with van der Waals surface area (Å²) < 4.78 is 0. The maximum atomic E-state index is 12.9. The molecule has 1 fully saturated rings. The first kappa shape index (κ1) is 18.1. The highest BCUT2D eigenvalue weighted by molar-refractivity contribution is 7.10. The van der Waals surface area contributed by atoms with Gasteiger partial charge in [-0.05, 0) is 35.8 Å². The molecule has 0 saturated heterocycles. The number of hydrogen-bond acceptors (Lipinski definition) is 4. The number of rotatable bonds is 7. The summed E-state index contributed by atoms with van der Waals surface area (Å²) in [5, 5.41) is 12.5. The topological polar surface area (TPSA) is 66.6 Å². The largest absolute Gasteiger partial charge is 0.386 e. The molecule has 1 aliphatic carbocycles. The van der Waals surface area contributed by atoms with Crippen molar-refractivity contribution in [1.82, 2.24) is 4.90 Å². The molecule has 1 heterocycles. The Morgan fingerprint density at radius 2 is 2.04 bits per heavy atom. The van der Waals surface area contributed by atoms with E-state index in [1.54, 1.807) is 4.90 Å². The van der Waals surface area contributed by atoms with Crippen molar-refractivity contribution in [3.8, 4) is 0 Å². The molecule has 2 aromatic rings. The van der Waals surface area contributed by atoms with Gasteiger partial charge in [0.05, 0.1) is 6.54 Å². The Kier molecular flexibility index (Phi) is 6.24. The van der Waals surface area contributed by atoms with Crippen LogP contribution in [-0.4, -0.2) is 28.5 Å². The van der Waals surface area contributed by atoms with Crippen molar-refractivity contribution in [2.24, 2.45) is 11.7 Å². The summed E-state index contributed by atoms with van der Waals surface area (Å²) in [6.45, 7) is 0.834. The van der Waals surface area contributed by atoms with Crippen LogP contribution in [0.4, 0.5) is 0 Å². The molecule has 5 heteroatoms. The lowest BCUT2D eigenvalue weighted by atomic mass is 9.99. The van der Waals surface area contributed by atoms with Crippen molar-refractivity contribution >= 4 is 17.2 Å². The second-order valence-corrected chi connectivity index (χ2v) is 7.83. The van der Waals surface area contributed by atoms with E-state index >= 15 is 0 Å². The van der Waals surface area contributed by atoms with Crippen LogP contribution in [0.25, 0.3) is 0 Å². The third-order valence-corrected chi connectivity index (χ3v) is 5.96. The fourth-order valence-electron chi connectivity index (χ4n) is 3.51. The van der Waals surface area contributed by atoms with Gasteiger partial charge in [0.25, 0.3) is 0 Å². The molecule has 1 unspecified atom stereocenters. The van der Waals surface area contributed by atoms with Gasteiger partial charge in [-0.2, -0.15) is 0 Å². The molecule has 1 aromatic heterocycles. The molecule has 25 heavy (non-hydrogen) atoms. The number of aliphatic hydroxyl groups is 1. The number of aliphatic hydroxyl groups excluding tert-OH is 1. The predicted molar refractivity (Wildman–Crippen MR) is 101 cm³/mol. The van der Waals surface area contributed by atoms with Crippen molar-refractivity contribution in [2.45, 2.75) is 44.4 Å². The Bertz CT molecular complexity index is 660. The predicted octanol–water partition coefficient (Wildman–Crippen LogP) is 3.33. The number of hydrogen-bond donors (Lipinski definition) is 2. The van der Waals surface area contributed by atoms with Gasteiger partial charge in [0.2, 0.25) is 5.91 Å². The van der Waals surface area contributed by atoms with Crippen molar-refractivity contribution in [3.63, 3.8) is 0 Å². The summed E-state index contributed by atoms with van der Waals surface area (Å²) in [5.41, 5.74) is 7.21. The average Bonchev–Trinajstić information content (AvgIpc) is 3.28. The van der Waals surface area contributed by atoms with Crippen molar-refractivity contribution in [2.75, 3.05) is 6.54 Å². The lowest BCUT2D eigenvalue weighted by molar-refractivity contribution is -0.134. The molecule has 1 aliphatic rings. The number of thiophene rings is 1. The minimum absolute atomic E-state index is 0.0850. The standard InChI is InChI=1S/C20H26N2O2S/c21-17-9-4-8-16(17)12-20(24)22(13-15-6-2-1-3-7-15)14-18(23)19-10-5-11-25-19/h1-3,5-7,10-11,16-18,23H,4,8-9,12-14,21H2/t16-,17+,18?/m0/s1. The molecule has 3 atom stereocenters. The summed E-state index contributed by atoms with van der Waals surface area (Å²) in [5.74, 6) is 0.353. The van der Waals surface area contributed by atoms with Gasteiger partial charge in [-0.25, -0.2) is 0 Å². The van der Waals surface area contributed by atoms with E-state index in [4.69, 9.17) is 5.73 Å². The molecule has 3 N–H and O–H groups in total. The molecule has 3 rings (SSSR count). The zero-order valence-corrected chi connectivity index (χ0v) is 15.2. The quantitative estimate of drug-likeness (QED) is 0.798. The van der Waals surface area contributed by atoms with Crippen LogP contribution >= 0.6 is 11.3 Å². The molecular formula is C20H26N2O2S. The van der Waals surface area contributed by atoms with Gasteiger partial charge in [-0.1, -0.05) is 42.8 Å². The van der Waals surface area contributed by atoms with Gasteiger partial charge in [0, 0.05) is 23.9 Å². The van der Waals surface area contributed by atoms with E-state index < -0.39 is 6.10 Å². The molecule has 1 saturated carbocycles. The summed E-state index contributed by atoms with van der Waals surface area (Å²) in [7, 11) is 0. The molecule has 1 amide bonds. The first-order valence-corrected chi connectivity index (χ1v) is 9.80. The molecule has 0 bridgehead atoms. The second kappa shape index (κ2) is 8.61. The van der Waals surface area contributed by atoms with Gasteiger partial charge in [-0.15, -0.1) is 11.3 Å². The Morgan fingerprint density at radius 3 is 2.68 bits per heavy atom. The lowest BCUT2D eigenvalue weighted by Gasteiger charge is -2.27. The van der Waals surface area contributed by atoms with E-state index in [-0.39, 0.29) is 17.9 Å². The molecular weight excluding hydrogens is 332 g/mol. The Labute approximate surface area is 153 Å². The van der Waals surface area contributed by atoms with E-state index in [1.165, 1.54) is 11.3 Å². The highest BCUT2D eigenvalue weighted by atomic mass is 32.1. The zero-order chi connectivity index (χ0) is 17.6. The Hall–Kier alpha value is -1.69. The van der Waals surface area contributed by atoms with E-state index in [9.17, 15) is 9.90 Å². The molecule has 4 nitrogen and oxygen atoms in total. The average molecular weight is 359 g/mol. The third-order valence-electron chi connectivity index (χ3n) is 4.99. The van der Waals surface area contributed by atoms with E-state index in [1.807, 2.05) is 47.8 Å². The summed E-state index contributed by atoms with van der Waals surface area (Å²) >= 11 is 1.52. The minimum Gasteiger partial charge on any atom is -0.386 e. The van der Waals surface area contributed by atoms with Gasteiger partial charge in [0.1, 0.15) is 6.10 Å². The maximum absolute atomic E-state index is 12.9. The molecule has 1 aromatic carbocycles. The summed E-state index contributed by atoms with van der Waals surface area (Å²) in [4.78, 5) is 15.6. The lowest BCUT2D eigenvalue weighted by Crippen LogP contribution is -2.37. The molecule has 0 radical (unpaired) electrons. The van der Waals surface area contributed by atoms with Crippen LogP contribution < -0.4 is 5.73 Å². The Balaban J connectivity index is 1.69. The van der Waals surface area contributed by atoms with Gasteiger partial charge < -0.3 is 15.7 Å². The van der Waals surface area contributed by atoms with Crippen LogP contribution in [0.3, 0.4) is 0 Å². The van der Waals surface area contributed by atoms with Crippen LogP contribution in [0.1, 0.15) is 42.2 Å². The SMILES string of the molecule is N[C@@H]1CCC[C@H]1CC(=O)N(Cc1ccccc1)CC(O)c1cccs1. The van der Waals surface area contributed by atoms with E-state index in [0.29, 0.717) is 19.5 Å². The number of amides is 1. The summed E-state index contributed by atoms with van der Waals surface area (Å²) in [6, 6.07) is 13.9. The molecule has 0 spiro atoms. The zero-order valence-electron chi connectivity index (χ0n) is 14.4. The summed E-state index contributed by atoms with van der Waals surface area (Å²) in [6.07, 6.45) is 2.97. The maximum Gasteiger partial charge on any atom is 0.223 e. The van der Waals surface area contributed by atoms with Crippen LogP contribution in [0, 0.1) is 5.92 Å². The van der Waals surface area contributed by atoms with Gasteiger partial charge in [0.15, 0.2) is 0 Å². The first-order chi connectivity index (χ1) is 12.1. The highest BCUT2D eigenvalue weighted by Gasteiger charge is 2.29. The first-order valence-electron chi connectivity index (χ1n) is 8.92. The van der Waals surface area contributed by atoms with E-state index in [2.05, 4.69) is 0 Å². The molecule has 134 valence electrons. The van der Waals surface area contributed by atoms with Crippen LogP contribution in [0.2, 0.25) is 0 Å². The van der Waals surface area contributed by atoms with Crippen LogP contribution in [-0.2, 0) is 11.3 Å². The van der Waals surface area contributed by atoms with Gasteiger partial charge in [-0.3, -0.25) is 4.79 Å². The number of carbonyl (C=O) groups is 1. The fourth-order valence-corrected chi connectivity index (χ4v) is 4.21. The smallest absolute Gasteiger partial charge is 0.223 e. The number of nitrogens with two attached hydrogens (primary N) is 1. The minimum atomic E-state index is -0.648. The van der Waals surface area contributed by atoms with Crippen molar-refractivity contribution in [3.05, 3.63) is 58.3 Å². The van der Waals surface area contributed by atoms with Crippen LogP contribution in [0.15, 0.2) is 47.8 Å². The third kappa shape index (κ3) is 4.91. The second-order valence-electron chi connectivity index (χ2n) is 6.85. The fraction of sp³-hybridized carbons (Fsp3) is 0.450. The number of nitrogens with zero attached hydrogens (tertiary/aromatic N) is 1. The normalized spacial score (nSPS) is 21.2. The Morgan fingerprint density at radius 1 is 1.24 bits per heavy atom. The number of carbonyl (C=O) groups excluding carboxylic acids is 1. The van der Waals surface area contributed by atoms with Gasteiger partial charge >= 0.3 is 0 Å². The number of benzene rings is 1.